The van der Waals surface area contributed by atoms with Crippen molar-refractivity contribution >= 4 is 5.97 Å². The van der Waals surface area contributed by atoms with E-state index < -0.39 is 5.60 Å². The average Bonchev–Trinajstić information content (AvgIpc) is 2.05. The minimum absolute atomic E-state index is 0.0880. The summed E-state index contributed by atoms with van der Waals surface area (Å²) in [7, 11) is 0. The van der Waals surface area contributed by atoms with E-state index in [0.717, 1.165) is 6.42 Å². The summed E-state index contributed by atoms with van der Waals surface area (Å²) in [6, 6.07) is 0. The minimum atomic E-state index is -0.403. The standard InChI is InChI=1S/C6H12O2.C4H10O2/c1-3-5-6(7)8-4-2;1-4(2,3)6-5/h3-5H2,1-2H3;5H,1-3H3. The van der Waals surface area contributed by atoms with Crippen molar-refractivity contribution in [3.8, 4) is 0 Å². The molecule has 86 valence electrons. The lowest BCUT2D eigenvalue weighted by Gasteiger charge is -2.10. The Labute approximate surface area is 86.1 Å². The Morgan fingerprint density at radius 1 is 1.29 bits per heavy atom. The molecule has 0 aliphatic heterocycles. The van der Waals surface area contributed by atoms with Crippen LogP contribution in [0.4, 0.5) is 0 Å². The summed E-state index contributed by atoms with van der Waals surface area (Å²) < 4.78 is 4.64. The van der Waals surface area contributed by atoms with Crippen molar-refractivity contribution in [3.05, 3.63) is 0 Å². The highest BCUT2D eigenvalue weighted by Gasteiger charge is 2.06. The molecule has 4 nitrogen and oxygen atoms in total. The first kappa shape index (κ1) is 15.8. The molecule has 0 radical (unpaired) electrons. The van der Waals surface area contributed by atoms with Crippen LogP contribution in [-0.4, -0.2) is 23.4 Å². The molecule has 14 heavy (non-hydrogen) atoms. The van der Waals surface area contributed by atoms with Crippen LogP contribution < -0.4 is 0 Å². The fourth-order valence-corrected chi connectivity index (χ4v) is 0.437. The lowest BCUT2D eigenvalue weighted by Crippen LogP contribution is -2.15. The van der Waals surface area contributed by atoms with Gasteiger partial charge in [-0.25, -0.2) is 4.89 Å². The minimum Gasteiger partial charge on any atom is -0.466 e. The molecule has 0 amide bonds. The van der Waals surface area contributed by atoms with Crippen LogP contribution >= 0.6 is 0 Å². The van der Waals surface area contributed by atoms with Gasteiger partial charge in [0.25, 0.3) is 0 Å². The first-order valence-corrected chi connectivity index (χ1v) is 4.85. The van der Waals surface area contributed by atoms with Crippen molar-refractivity contribution in [3.63, 3.8) is 0 Å². The van der Waals surface area contributed by atoms with E-state index in [0.29, 0.717) is 13.0 Å². The largest absolute Gasteiger partial charge is 0.466 e. The summed E-state index contributed by atoms with van der Waals surface area (Å²) in [6.45, 7) is 9.58. The number of hydrogen-bond acceptors (Lipinski definition) is 4. The molecule has 0 fully saturated rings. The second kappa shape index (κ2) is 8.97. The van der Waals surface area contributed by atoms with Gasteiger partial charge >= 0.3 is 5.97 Å². The Morgan fingerprint density at radius 2 is 1.71 bits per heavy atom. The molecule has 0 saturated carbocycles. The zero-order valence-electron chi connectivity index (χ0n) is 9.79. The summed E-state index contributed by atoms with van der Waals surface area (Å²) in [5, 5.41) is 7.90. The molecule has 0 bridgehead atoms. The van der Waals surface area contributed by atoms with Crippen LogP contribution in [0.5, 0.6) is 0 Å². The summed E-state index contributed by atoms with van der Waals surface area (Å²) in [4.78, 5) is 14.4. The van der Waals surface area contributed by atoms with E-state index in [9.17, 15) is 4.79 Å². The zero-order valence-corrected chi connectivity index (χ0v) is 9.79. The fourth-order valence-electron chi connectivity index (χ4n) is 0.437. The Bertz CT molecular complexity index is 130. The number of rotatable bonds is 3. The summed E-state index contributed by atoms with van der Waals surface area (Å²) >= 11 is 0. The summed E-state index contributed by atoms with van der Waals surface area (Å²) in [6.07, 6.45) is 1.42. The van der Waals surface area contributed by atoms with Gasteiger partial charge in [0.1, 0.15) is 0 Å². The van der Waals surface area contributed by atoms with Gasteiger partial charge in [0.15, 0.2) is 0 Å². The van der Waals surface area contributed by atoms with Gasteiger partial charge < -0.3 is 4.74 Å². The summed E-state index contributed by atoms with van der Waals surface area (Å²) in [5.41, 5.74) is -0.403. The van der Waals surface area contributed by atoms with Crippen LogP contribution in [0.25, 0.3) is 0 Å². The van der Waals surface area contributed by atoms with E-state index in [2.05, 4.69) is 9.62 Å². The monoisotopic (exact) mass is 206 g/mol. The van der Waals surface area contributed by atoms with Gasteiger partial charge in [0.2, 0.25) is 0 Å². The highest BCUT2D eigenvalue weighted by Crippen LogP contribution is 2.01. The molecule has 0 heterocycles. The number of hydrogen-bond donors (Lipinski definition) is 1. The van der Waals surface area contributed by atoms with E-state index in [1.54, 1.807) is 20.8 Å². The van der Waals surface area contributed by atoms with Crippen LogP contribution in [0.15, 0.2) is 0 Å². The second-order valence-electron chi connectivity index (χ2n) is 3.76. The van der Waals surface area contributed by atoms with Gasteiger partial charge in [-0.05, 0) is 34.1 Å². The van der Waals surface area contributed by atoms with Crippen LogP contribution in [0, 0.1) is 0 Å². The van der Waals surface area contributed by atoms with Crippen molar-refractivity contribution in [1.29, 1.82) is 0 Å². The van der Waals surface area contributed by atoms with E-state index in [1.165, 1.54) is 0 Å². The topological polar surface area (TPSA) is 55.8 Å². The lowest BCUT2D eigenvalue weighted by atomic mass is 10.2. The first-order chi connectivity index (χ1) is 6.37. The maximum atomic E-state index is 10.4. The number of carbonyl (C=O) groups is 1. The molecular weight excluding hydrogens is 184 g/mol. The van der Waals surface area contributed by atoms with Crippen molar-refractivity contribution in [2.45, 2.75) is 53.1 Å². The van der Waals surface area contributed by atoms with Gasteiger partial charge in [-0.1, -0.05) is 6.92 Å². The van der Waals surface area contributed by atoms with E-state index in [1.807, 2.05) is 13.8 Å². The van der Waals surface area contributed by atoms with Gasteiger partial charge in [0, 0.05) is 6.42 Å². The Hall–Kier alpha value is -0.610. The fraction of sp³-hybridized carbons (Fsp3) is 0.900. The predicted molar refractivity (Wildman–Crippen MR) is 55.0 cm³/mol. The molecule has 0 spiro atoms. The predicted octanol–water partition coefficient (Wildman–Crippen LogP) is 2.62. The molecule has 4 heteroatoms. The van der Waals surface area contributed by atoms with E-state index in [-0.39, 0.29) is 5.97 Å². The zero-order chi connectivity index (χ0) is 11.6. The van der Waals surface area contributed by atoms with Gasteiger partial charge in [-0.3, -0.25) is 10.1 Å². The number of carbonyl (C=O) groups excluding carboxylic acids is 1. The smallest absolute Gasteiger partial charge is 0.305 e. The van der Waals surface area contributed by atoms with Crippen molar-refractivity contribution in [2.75, 3.05) is 6.61 Å². The molecule has 0 rings (SSSR count). The number of esters is 1. The van der Waals surface area contributed by atoms with Crippen LogP contribution in [0.1, 0.15) is 47.5 Å². The second-order valence-corrected chi connectivity index (χ2v) is 3.76. The molecule has 0 aromatic carbocycles. The quantitative estimate of drug-likeness (QED) is 0.438. The molecular formula is C10H22O4. The van der Waals surface area contributed by atoms with Crippen LogP contribution in [0.2, 0.25) is 0 Å². The van der Waals surface area contributed by atoms with E-state index >= 15 is 0 Å². The van der Waals surface area contributed by atoms with Gasteiger partial charge in [0.05, 0.1) is 12.2 Å². The molecule has 0 atom stereocenters. The lowest BCUT2D eigenvalue weighted by molar-refractivity contribution is -0.306. The van der Waals surface area contributed by atoms with E-state index in [4.69, 9.17) is 5.26 Å². The highest BCUT2D eigenvalue weighted by atomic mass is 17.1. The molecule has 1 N–H and O–H groups in total. The average molecular weight is 206 g/mol. The Kier molecular flexibility index (Phi) is 10.1. The third-order valence-corrected chi connectivity index (χ3v) is 1.03. The van der Waals surface area contributed by atoms with Crippen molar-refractivity contribution in [2.24, 2.45) is 0 Å². The maximum absolute atomic E-state index is 10.4. The maximum Gasteiger partial charge on any atom is 0.305 e. The van der Waals surface area contributed by atoms with Crippen molar-refractivity contribution in [1.82, 2.24) is 0 Å². The Balaban J connectivity index is 0. The third kappa shape index (κ3) is 17.5. The summed E-state index contributed by atoms with van der Waals surface area (Å²) in [5.74, 6) is -0.0880. The normalized spacial score (nSPS) is 10.1. The van der Waals surface area contributed by atoms with Crippen LogP contribution in [0.3, 0.4) is 0 Å². The molecule has 0 aliphatic rings. The molecule has 0 saturated heterocycles. The van der Waals surface area contributed by atoms with Crippen LogP contribution in [-0.2, 0) is 14.4 Å². The molecule has 0 unspecified atom stereocenters. The molecule has 0 aromatic heterocycles. The van der Waals surface area contributed by atoms with Gasteiger partial charge in [-0.2, -0.15) is 0 Å². The molecule has 0 aromatic rings. The molecule has 0 aliphatic carbocycles. The van der Waals surface area contributed by atoms with Gasteiger partial charge in [-0.15, -0.1) is 0 Å². The van der Waals surface area contributed by atoms with Crippen molar-refractivity contribution < 1.29 is 19.7 Å². The Morgan fingerprint density at radius 3 is 1.93 bits per heavy atom. The first-order valence-electron chi connectivity index (χ1n) is 4.85. The third-order valence-electron chi connectivity index (χ3n) is 1.03. The highest BCUT2D eigenvalue weighted by molar-refractivity contribution is 5.69. The number of ether oxygens (including phenoxy) is 1. The SMILES string of the molecule is CC(C)(C)OO.CCCC(=O)OCC.